The van der Waals surface area contributed by atoms with Gasteiger partial charge >= 0.3 is 0 Å². The number of carbonyl (C=O) groups is 1. The third kappa shape index (κ3) is 3.71. The van der Waals surface area contributed by atoms with Crippen molar-refractivity contribution < 1.29 is 4.79 Å². The van der Waals surface area contributed by atoms with E-state index in [1.807, 2.05) is 32.5 Å². The highest BCUT2D eigenvalue weighted by Crippen LogP contribution is 2.11. The lowest BCUT2D eigenvalue weighted by Crippen LogP contribution is -2.39. The topological polar surface area (TPSA) is 72.9 Å². The molecule has 1 rings (SSSR count). The van der Waals surface area contributed by atoms with Gasteiger partial charge in [-0.2, -0.15) is 5.10 Å². The van der Waals surface area contributed by atoms with Crippen LogP contribution in [0.3, 0.4) is 0 Å². The molecule has 1 aromatic heterocycles. The number of amides is 1. The number of halogens is 1. The first-order chi connectivity index (χ1) is 7.47. The first kappa shape index (κ1) is 15.9. The molecule has 0 spiro atoms. The molecule has 0 aromatic carbocycles. The molecule has 0 aliphatic heterocycles. The van der Waals surface area contributed by atoms with Crippen LogP contribution in [0, 0.1) is 13.8 Å². The number of hydrogen-bond acceptors (Lipinski definition) is 3. The van der Waals surface area contributed by atoms with Crippen LogP contribution < -0.4 is 11.1 Å². The van der Waals surface area contributed by atoms with Gasteiger partial charge in [0.05, 0.1) is 11.7 Å². The number of nitrogens with zero attached hydrogens (tertiary/aromatic N) is 2. The second kappa shape index (κ2) is 6.61. The average molecular weight is 261 g/mol. The van der Waals surface area contributed by atoms with Crippen LogP contribution in [-0.2, 0) is 18.4 Å². The molecule has 0 aliphatic rings. The lowest BCUT2D eigenvalue weighted by molar-refractivity contribution is -0.122. The Morgan fingerprint density at radius 1 is 1.53 bits per heavy atom. The Morgan fingerprint density at radius 3 is 2.53 bits per heavy atom. The second-order valence-corrected chi connectivity index (χ2v) is 4.01. The van der Waals surface area contributed by atoms with Gasteiger partial charge in [-0.15, -0.1) is 12.4 Å². The molecule has 1 heterocycles. The van der Waals surface area contributed by atoms with E-state index in [-0.39, 0.29) is 18.3 Å². The van der Waals surface area contributed by atoms with Crippen molar-refractivity contribution in [2.45, 2.75) is 39.8 Å². The summed E-state index contributed by atoms with van der Waals surface area (Å²) in [5.74, 6) is -0.106. The Morgan fingerprint density at radius 2 is 2.12 bits per heavy atom. The summed E-state index contributed by atoms with van der Waals surface area (Å²) in [6.45, 7) is 6.32. The van der Waals surface area contributed by atoms with Gasteiger partial charge in [-0.1, -0.05) is 6.92 Å². The third-order valence-electron chi connectivity index (χ3n) is 2.87. The normalized spacial score (nSPS) is 11.8. The molecule has 17 heavy (non-hydrogen) atoms. The number of aryl methyl sites for hydroxylation is 2. The van der Waals surface area contributed by atoms with E-state index >= 15 is 0 Å². The zero-order valence-electron chi connectivity index (χ0n) is 10.8. The minimum Gasteiger partial charge on any atom is -0.351 e. The summed E-state index contributed by atoms with van der Waals surface area (Å²) in [4.78, 5) is 11.5. The Hall–Kier alpha value is -1.07. The number of nitrogens with one attached hydrogen (secondary N) is 1. The smallest absolute Gasteiger partial charge is 0.237 e. The molecule has 98 valence electrons. The first-order valence-electron chi connectivity index (χ1n) is 5.49. The fourth-order valence-corrected chi connectivity index (χ4v) is 1.57. The summed E-state index contributed by atoms with van der Waals surface area (Å²) in [5, 5.41) is 7.12. The van der Waals surface area contributed by atoms with Crippen molar-refractivity contribution in [3.05, 3.63) is 17.0 Å². The Bertz CT molecular complexity index is 389. The van der Waals surface area contributed by atoms with Crippen LogP contribution in [0.4, 0.5) is 0 Å². The maximum atomic E-state index is 11.5. The molecule has 0 fully saturated rings. The molecule has 0 bridgehead atoms. The van der Waals surface area contributed by atoms with E-state index in [9.17, 15) is 4.79 Å². The summed E-state index contributed by atoms with van der Waals surface area (Å²) in [6.07, 6.45) is 0.650. The molecular formula is C11H21ClN4O. The van der Waals surface area contributed by atoms with Gasteiger partial charge in [0.1, 0.15) is 0 Å². The van der Waals surface area contributed by atoms with Gasteiger partial charge in [-0.05, 0) is 20.3 Å². The van der Waals surface area contributed by atoms with E-state index in [1.165, 1.54) is 0 Å². The van der Waals surface area contributed by atoms with E-state index in [0.29, 0.717) is 13.0 Å². The third-order valence-corrected chi connectivity index (χ3v) is 2.87. The lowest BCUT2D eigenvalue weighted by atomic mass is 10.2. The number of carbonyl (C=O) groups excluding carboxylic acids is 1. The minimum atomic E-state index is -0.419. The van der Waals surface area contributed by atoms with Gasteiger partial charge in [-0.25, -0.2) is 0 Å². The molecule has 0 aliphatic carbocycles. The highest BCUT2D eigenvalue weighted by molar-refractivity contribution is 5.85. The van der Waals surface area contributed by atoms with Gasteiger partial charge in [0, 0.05) is 24.8 Å². The molecule has 0 saturated heterocycles. The van der Waals surface area contributed by atoms with Crippen molar-refractivity contribution in [1.82, 2.24) is 15.1 Å². The summed E-state index contributed by atoms with van der Waals surface area (Å²) in [7, 11) is 1.89. The lowest BCUT2D eigenvalue weighted by Gasteiger charge is -2.10. The van der Waals surface area contributed by atoms with Crippen molar-refractivity contribution >= 4 is 18.3 Å². The highest BCUT2D eigenvalue weighted by atomic mass is 35.5. The molecule has 0 radical (unpaired) electrons. The fourth-order valence-electron chi connectivity index (χ4n) is 1.57. The molecule has 0 unspecified atom stereocenters. The predicted octanol–water partition coefficient (Wildman–Crippen LogP) is 0.812. The monoisotopic (exact) mass is 260 g/mol. The molecule has 5 nitrogen and oxygen atoms in total. The standard InChI is InChI=1S/C11H20N4O.ClH/c1-5-10(12)11(16)13-6-9-7(2)14-15(4)8(9)3;/h10H,5-6,12H2,1-4H3,(H,13,16);1H/t10-;/m0./s1. The SMILES string of the molecule is CC[C@H](N)C(=O)NCc1c(C)nn(C)c1C.Cl. The Balaban J connectivity index is 0.00000256. The van der Waals surface area contributed by atoms with Crippen LogP contribution in [0.25, 0.3) is 0 Å². The van der Waals surface area contributed by atoms with E-state index in [4.69, 9.17) is 5.73 Å². The highest BCUT2D eigenvalue weighted by Gasteiger charge is 2.13. The maximum absolute atomic E-state index is 11.5. The minimum absolute atomic E-state index is 0. The molecule has 1 atom stereocenters. The van der Waals surface area contributed by atoms with Crippen LogP contribution in [0.15, 0.2) is 0 Å². The largest absolute Gasteiger partial charge is 0.351 e. The zero-order chi connectivity index (χ0) is 12.3. The summed E-state index contributed by atoms with van der Waals surface area (Å²) < 4.78 is 1.82. The predicted molar refractivity (Wildman–Crippen MR) is 70.0 cm³/mol. The van der Waals surface area contributed by atoms with Crippen molar-refractivity contribution in [3.8, 4) is 0 Å². The number of aromatic nitrogens is 2. The quantitative estimate of drug-likeness (QED) is 0.842. The molecule has 0 saturated carbocycles. The van der Waals surface area contributed by atoms with Crippen LogP contribution in [0.1, 0.15) is 30.3 Å². The molecule has 3 N–H and O–H groups in total. The summed E-state index contributed by atoms with van der Waals surface area (Å²) in [6, 6.07) is -0.419. The van der Waals surface area contributed by atoms with Crippen molar-refractivity contribution in [2.75, 3.05) is 0 Å². The van der Waals surface area contributed by atoms with Gasteiger partial charge in [0.25, 0.3) is 0 Å². The van der Waals surface area contributed by atoms with Gasteiger partial charge in [0.2, 0.25) is 5.91 Å². The number of rotatable bonds is 4. The van der Waals surface area contributed by atoms with Crippen molar-refractivity contribution in [1.29, 1.82) is 0 Å². The van der Waals surface area contributed by atoms with Crippen molar-refractivity contribution in [3.63, 3.8) is 0 Å². The molecule has 6 heteroatoms. The van der Waals surface area contributed by atoms with E-state index in [1.54, 1.807) is 0 Å². The van der Waals surface area contributed by atoms with Crippen molar-refractivity contribution in [2.24, 2.45) is 12.8 Å². The van der Waals surface area contributed by atoms with Gasteiger partial charge in [0.15, 0.2) is 0 Å². The second-order valence-electron chi connectivity index (χ2n) is 4.01. The van der Waals surface area contributed by atoms with Crippen LogP contribution in [0.5, 0.6) is 0 Å². The van der Waals surface area contributed by atoms with Gasteiger partial charge < -0.3 is 11.1 Å². The summed E-state index contributed by atoms with van der Waals surface area (Å²) >= 11 is 0. The molecule has 1 amide bonds. The maximum Gasteiger partial charge on any atom is 0.237 e. The Kier molecular flexibility index (Phi) is 6.20. The van der Waals surface area contributed by atoms with E-state index in [0.717, 1.165) is 17.0 Å². The summed E-state index contributed by atoms with van der Waals surface area (Å²) in [5.41, 5.74) is 8.72. The average Bonchev–Trinajstić information content (AvgIpc) is 2.49. The van der Waals surface area contributed by atoms with Gasteiger partial charge in [-0.3, -0.25) is 9.48 Å². The molecular weight excluding hydrogens is 240 g/mol. The molecule has 1 aromatic rings. The number of nitrogens with two attached hydrogens (primary N) is 1. The fraction of sp³-hybridized carbons (Fsp3) is 0.636. The van der Waals surface area contributed by atoms with Crippen LogP contribution >= 0.6 is 12.4 Å². The van der Waals surface area contributed by atoms with E-state index in [2.05, 4.69) is 10.4 Å². The van der Waals surface area contributed by atoms with Crippen LogP contribution in [0.2, 0.25) is 0 Å². The first-order valence-corrected chi connectivity index (χ1v) is 5.49. The number of hydrogen-bond donors (Lipinski definition) is 2. The zero-order valence-corrected chi connectivity index (χ0v) is 11.6. The van der Waals surface area contributed by atoms with E-state index < -0.39 is 6.04 Å². The Labute approximate surface area is 108 Å². The van der Waals surface area contributed by atoms with Crippen LogP contribution in [-0.4, -0.2) is 21.7 Å².